The summed E-state index contributed by atoms with van der Waals surface area (Å²) in [7, 11) is 0. The lowest BCUT2D eigenvalue weighted by Crippen LogP contribution is -2.08. The summed E-state index contributed by atoms with van der Waals surface area (Å²) in [6.45, 7) is 10.0. The first-order chi connectivity index (χ1) is 7.65. The number of benzene rings is 1. The van der Waals surface area contributed by atoms with Crippen molar-refractivity contribution in [3.63, 3.8) is 0 Å². The predicted octanol–water partition coefficient (Wildman–Crippen LogP) is 4.49. The van der Waals surface area contributed by atoms with Gasteiger partial charge in [-0.25, -0.2) is 0 Å². The Labute approximate surface area is 98.5 Å². The van der Waals surface area contributed by atoms with Crippen LogP contribution in [0.1, 0.15) is 32.4 Å². The lowest BCUT2D eigenvalue weighted by Gasteiger charge is -2.21. The second-order valence-corrected chi connectivity index (χ2v) is 4.28. The van der Waals surface area contributed by atoms with E-state index in [1.165, 1.54) is 5.56 Å². The van der Waals surface area contributed by atoms with E-state index in [1.54, 1.807) is 12.3 Å². The van der Waals surface area contributed by atoms with Crippen LogP contribution in [0.5, 0.6) is 0 Å². The Morgan fingerprint density at radius 3 is 2.38 bits per heavy atom. The summed E-state index contributed by atoms with van der Waals surface area (Å²) in [6.07, 6.45) is 3.68. The topological polar surface area (TPSA) is 9.23 Å². The molecule has 1 nitrogen and oxygen atoms in total. The van der Waals surface area contributed by atoms with Crippen LogP contribution in [-0.2, 0) is 4.74 Å². The van der Waals surface area contributed by atoms with E-state index in [0.29, 0.717) is 5.92 Å². The molecule has 0 unspecified atom stereocenters. The Balaban J connectivity index is 2.81. The van der Waals surface area contributed by atoms with Crippen LogP contribution in [0, 0.1) is 5.92 Å². The molecular formula is C15H20O. The molecule has 0 spiro atoms. The Morgan fingerprint density at radius 1 is 1.25 bits per heavy atom. The molecule has 1 aromatic carbocycles. The monoisotopic (exact) mass is 216 g/mol. The molecule has 0 aliphatic carbocycles. The third kappa shape index (κ3) is 3.58. The second-order valence-electron chi connectivity index (χ2n) is 4.28. The van der Waals surface area contributed by atoms with E-state index in [1.807, 2.05) is 25.1 Å². The number of ether oxygens (including phenoxy) is 1. The maximum atomic E-state index is 5.81. The van der Waals surface area contributed by atoms with Crippen molar-refractivity contribution in [2.24, 2.45) is 5.92 Å². The van der Waals surface area contributed by atoms with Gasteiger partial charge < -0.3 is 4.74 Å². The van der Waals surface area contributed by atoms with Gasteiger partial charge in [0.05, 0.1) is 6.26 Å². The molecule has 1 aromatic rings. The van der Waals surface area contributed by atoms with Crippen LogP contribution < -0.4 is 0 Å². The lowest BCUT2D eigenvalue weighted by atomic mass is 9.99. The van der Waals surface area contributed by atoms with Gasteiger partial charge >= 0.3 is 0 Å². The minimum absolute atomic E-state index is 0.107. The Bertz CT molecular complexity index is 349. The second kappa shape index (κ2) is 6.16. The third-order valence-corrected chi connectivity index (χ3v) is 2.46. The van der Waals surface area contributed by atoms with Gasteiger partial charge in [0.2, 0.25) is 0 Å². The van der Waals surface area contributed by atoms with Crippen LogP contribution in [-0.4, -0.2) is 0 Å². The fourth-order valence-electron chi connectivity index (χ4n) is 1.49. The molecule has 86 valence electrons. The summed E-state index contributed by atoms with van der Waals surface area (Å²) in [5, 5.41) is 0. The molecule has 1 atom stereocenters. The van der Waals surface area contributed by atoms with Gasteiger partial charge in [-0.05, 0) is 24.0 Å². The summed E-state index contributed by atoms with van der Waals surface area (Å²) >= 11 is 0. The normalized spacial score (nSPS) is 13.6. The molecule has 1 heteroatoms. The van der Waals surface area contributed by atoms with E-state index in [2.05, 4.69) is 32.6 Å². The Hall–Kier alpha value is -1.50. The first-order valence-corrected chi connectivity index (χ1v) is 5.64. The van der Waals surface area contributed by atoms with Gasteiger partial charge in [0.25, 0.3) is 0 Å². The molecule has 0 fully saturated rings. The van der Waals surface area contributed by atoms with Gasteiger partial charge in [0.1, 0.15) is 6.10 Å². The first-order valence-electron chi connectivity index (χ1n) is 5.64. The molecule has 0 aromatic heterocycles. The number of hydrogen-bond donors (Lipinski definition) is 0. The molecule has 0 N–H and O–H groups in total. The third-order valence-electron chi connectivity index (χ3n) is 2.46. The molecule has 0 saturated heterocycles. The standard InChI is InChI=1S/C15H20O/c1-5-13(4)11-16-15(12(2)3)14-9-7-6-8-10-14/h5-12,15H,1H2,2-4H3/b13-11+/t15-/m1/s1. The summed E-state index contributed by atoms with van der Waals surface area (Å²) in [4.78, 5) is 0. The average Bonchev–Trinajstić information content (AvgIpc) is 2.30. The van der Waals surface area contributed by atoms with Crippen molar-refractivity contribution >= 4 is 0 Å². The zero-order valence-corrected chi connectivity index (χ0v) is 10.3. The summed E-state index contributed by atoms with van der Waals surface area (Å²) in [5.74, 6) is 0.441. The maximum absolute atomic E-state index is 5.81. The van der Waals surface area contributed by atoms with Gasteiger partial charge in [-0.3, -0.25) is 0 Å². The molecule has 0 aliphatic heterocycles. The highest BCUT2D eigenvalue weighted by Crippen LogP contribution is 2.26. The average molecular weight is 216 g/mol. The van der Waals surface area contributed by atoms with Crippen LogP contribution in [0.25, 0.3) is 0 Å². The van der Waals surface area contributed by atoms with Gasteiger partial charge in [-0.2, -0.15) is 0 Å². The van der Waals surface area contributed by atoms with Gasteiger partial charge in [0, 0.05) is 0 Å². The zero-order valence-electron chi connectivity index (χ0n) is 10.3. The zero-order chi connectivity index (χ0) is 12.0. The van der Waals surface area contributed by atoms with Crippen LogP contribution >= 0.6 is 0 Å². The molecule has 1 rings (SSSR count). The molecular weight excluding hydrogens is 196 g/mol. The lowest BCUT2D eigenvalue weighted by molar-refractivity contribution is 0.100. The van der Waals surface area contributed by atoms with Crippen LogP contribution in [0.3, 0.4) is 0 Å². The van der Waals surface area contributed by atoms with Crippen molar-refractivity contribution in [3.8, 4) is 0 Å². The van der Waals surface area contributed by atoms with E-state index < -0.39 is 0 Å². The first kappa shape index (κ1) is 12.6. The molecule has 0 aliphatic rings. The van der Waals surface area contributed by atoms with Gasteiger partial charge in [-0.15, -0.1) is 0 Å². The highest BCUT2D eigenvalue weighted by molar-refractivity contribution is 5.19. The highest BCUT2D eigenvalue weighted by Gasteiger charge is 2.15. The predicted molar refractivity (Wildman–Crippen MR) is 69.1 cm³/mol. The maximum Gasteiger partial charge on any atom is 0.125 e. The van der Waals surface area contributed by atoms with E-state index >= 15 is 0 Å². The number of allylic oxidation sites excluding steroid dienone is 2. The largest absolute Gasteiger partial charge is 0.493 e. The summed E-state index contributed by atoms with van der Waals surface area (Å²) in [5.41, 5.74) is 2.26. The van der Waals surface area contributed by atoms with Gasteiger partial charge in [-0.1, -0.05) is 56.8 Å². The fourth-order valence-corrected chi connectivity index (χ4v) is 1.49. The number of hydrogen-bond acceptors (Lipinski definition) is 1. The van der Waals surface area contributed by atoms with Crippen LogP contribution in [0.2, 0.25) is 0 Å². The molecule has 0 heterocycles. The van der Waals surface area contributed by atoms with Crippen molar-refractivity contribution < 1.29 is 4.74 Å². The van der Waals surface area contributed by atoms with E-state index in [9.17, 15) is 0 Å². The quantitative estimate of drug-likeness (QED) is 0.520. The molecule has 0 amide bonds. The van der Waals surface area contributed by atoms with E-state index in [4.69, 9.17) is 4.74 Å². The minimum Gasteiger partial charge on any atom is -0.493 e. The fraction of sp³-hybridized carbons (Fsp3) is 0.333. The highest BCUT2D eigenvalue weighted by atomic mass is 16.5. The number of rotatable bonds is 5. The minimum atomic E-state index is 0.107. The van der Waals surface area contributed by atoms with Crippen molar-refractivity contribution in [3.05, 3.63) is 60.4 Å². The van der Waals surface area contributed by atoms with E-state index in [-0.39, 0.29) is 6.10 Å². The van der Waals surface area contributed by atoms with Crippen molar-refractivity contribution in [2.45, 2.75) is 26.9 Å². The Kier molecular flexibility index (Phi) is 4.84. The van der Waals surface area contributed by atoms with Crippen LogP contribution in [0.4, 0.5) is 0 Å². The molecule has 0 saturated carbocycles. The van der Waals surface area contributed by atoms with E-state index in [0.717, 1.165) is 5.57 Å². The Morgan fingerprint density at radius 2 is 1.88 bits per heavy atom. The van der Waals surface area contributed by atoms with Gasteiger partial charge in [0.15, 0.2) is 0 Å². The molecule has 0 radical (unpaired) electrons. The van der Waals surface area contributed by atoms with Crippen molar-refractivity contribution in [2.75, 3.05) is 0 Å². The van der Waals surface area contributed by atoms with Crippen molar-refractivity contribution in [1.29, 1.82) is 0 Å². The molecule has 0 bridgehead atoms. The summed E-state index contributed by atoms with van der Waals surface area (Å²) in [6, 6.07) is 10.3. The smallest absolute Gasteiger partial charge is 0.125 e. The van der Waals surface area contributed by atoms with Crippen LogP contribution in [0.15, 0.2) is 54.8 Å². The SMILES string of the molecule is C=C/C(C)=C/O[C@@H](c1ccccc1)C(C)C. The molecule has 16 heavy (non-hydrogen) atoms. The van der Waals surface area contributed by atoms with Crippen molar-refractivity contribution in [1.82, 2.24) is 0 Å². The summed E-state index contributed by atoms with van der Waals surface area (Å²) < 4.78 is 5.81.